The minimum absolute atomic E-state index is 0.0589. The number of halogens is 1. The van der Waals surface area contributed by atoms with Crippen molar-refractivity contribution in [2.45, 2.75) is 63.5 Å². The number of likely N-dealkylation sites (tertiary alicyclic amines) is 1. The third-order valence-corrected chi connectivity index (χ3v) is 7.59. The Balaban J connectivity index is 1.87. The third kappa shape index (κ3) is 5.21. The smallest absolute Gasteiger partial charge is 0.412 e. The number of sulfonamides is 1. The maximum Gasteiger partial charge on any atom is 0.412 e. The minimum Gasteiger partial charge on any atom is -0.453 e. The van der Waals surface area contributed by atoms with Gasteiger partial charge in [-0.25, -0.2) is 13.2 Å². The van der Waals surface area contributed by atoms with Gasteiger partial charge in [-0.05, 0) is 43.4 Å². The fraction of sp³-hybridized carbons (Fsp3) is 0.667. The Labute approximate surface area is 184 Å². The molecule has 2 saturated heterocycles. The zero-order valence-electron chi connectivity index (χ0n) is 17.9. The number of hydrogen-bond donors (Lipinski definition) is 0. The van der Waals surface area contributed by atoms with Crippen molar-refractivity contribution in [2.75, 3.05) is 26.2 Å². The fourth-order valence-corrected chi connectivity index (χ4v) is 5.19. The summed E-state index contributed by atoms with van der Waals surface area (Å²) in [5.41, 5.74) is 0.120. The van der Waals surface area contributed by atoms with Crippen LogP contribution in [0.4, 0.5) is 4.79 Å². The van der Waals surface area contributed by atoms with Gasteiger partial charge in [-0.15, -0.1) is 11.6 Å². The van der Waals surface area contributed by atoms with Crippen LogP contribution in [0.1, 0.15) is 52.0 Å². The summed E-state index contributed by atoms with van der Waals surface area (Å²) >= 11 is 5.94. The Hall–Kier alpha value is -1.51. The van der Waals surface area contributed by atoms with Crippen molar-refractivity contribution in [3.63, 3.8) is 0 Å². The van der Waals surface area contributed by atoms with Crippen LogP contribution in [0, 0.1) is 5.41 Å². The summed E-state index contributed by atoms with van der Waals surface area (Å²) in [5, 5.41) is 0. The molecule has 0 spiro atoms. The van der Waals surface area contributed by atoms with Gasteiger partial charge in [0.25, 0.3) is 6.29 Å². The number of hydrogen-bond acceptors (Lipinski definition) is 5. The average Bonchev–Trinajstić information content (AvgIpc) is 2.65. The number of nitrogens with zero attached hydrogens (tertiary/aromatic N) is 2. The molecule has 168 valence electrons. The molecule has 0 aromatic heterocycles. The van der Waals surface area contributed by atoms with Crippen LogP contribution in [0.25, 0.3) is 0 Å². The fourth-order valence-electron chi connectivity index (χ4n) is 3.34. The van der Waals surface area contributed by atoms with Crippen LogP contribution in [0.15, 0.2) is 23.1 Å². The van der Waals surface area contributed by atoms with Gasteiger partial charge in [0, 0.05) is 37.5 Å². The number of benzene rings is 1. The first-order valence-corrected chi connectivity index (χ1v) is 12.4. The van der Waals surface area contributed by atoms with E-state index in [1.165, 1.54) is 4.31 Å². The highest BCUT2D eigenvalue weighted by molar-refractivity contribution is 7.89. The maximum atomic E-state index is 13.1. The first-order chi connectivity index (χ1) is 14.1. The van der Waals surface area contributed by atoms with E-state index in [1.807, 2.05) is 20.8 Å². The highest BCUT2D eigenvalue weighted by Crippen LogP contribution is 2.34. The molecule has 1 aromatic carbocycles. The molecule has 1 aromatic rings. The lowest BCUT2D eigenvalue weighted by atomic mass is 9.96. The highest BCUT2D eigenvalue weighted by Gasteiger charge is 2.36. The average molecular weight is 459 g/mol. The summed E-state index contributed by atoms with van der Waals surface area (Å²) in [5.74, 6) is 0.359. The van der Waals surface area contributed by atoms with Crippen LogP contribution in [0.2, 0.25) is 0 Å². The standard InChI is InChI=1S/C21H31ClN2O5S/c1-21(2,3)19(29-20(25)23-10-5-4-6-11-23)28-17-9-8-16(15-22)14-18(17)30(26,27)24-12-7-13-24/h8-9,14,19H,4-7,10-13,15H2,1-3H3. The van der Waals surface area contributed by atoms with Crippen LogP contribution < -0.4 is 4.74 Å². The van der Waals surface area contributed by atoms with Crippen LogP contribution >= 0.6 is 11.6 Å². The summed E-state index contributed by atoms with van der Waals surface area (Å²) in [6.07, 6.45) is 2.47. The molecule has 2 aliphatic rings. The topological polar surface area (TPSA) is 76.1 Å². The van der Waals surface area contributed by atoms with Crippen molar-refractivity contribution in [2.24, 2.45) is 5.41 Å². The van der Waals surface area contributed by atoms with E-state index in [1.54, 1.807) is 23.1 Å². The van der Waals surface area contributed by atoms with E-state index in [9.17, 15) is 13.2 Å². The van der Waals surface area contributed by atoms with Crippen LogP contribution in [-0.4, -0.2) is 56.2 Å². The summed E-state index contributed by atoms with van der Waals surface area (Å²) in [7, 11) is -3.71. The lowest BCUT2D eigenvalue weighted by Gasteiger charge is -2.35. The molecular weight excluding hydrogens is 428 g/mol. The van der Waals surface area contributed by atoms with Crippen molar-refractivity contribution < 1.29 is 22.7 Å². The van der Waals surface area contributed by atoms with Crippen LogP contribution in [0.3, 0.4) is 0 Å². The van der Waals surface area contributed by atoms with Crippen molar-refractivity contribution >= 4 is 27.7 Å². The molecule has 0 bridgehead atoms. The number of alkyl halides is 1. The molecule has 7 nitrogen and oxygen atoms in total. The molecule has 30 heavy (non-hydrogen) atoms. The van der Waals surface area contributed by atoms with Crippen molar-refractivity contribution in [3.05, 3.63) is 23.8 Å². The lowest BCUT2D eigenvalue weighted by molar-refractivity contribution is -0.110. The second kappa shape index (κ2) is 9.32. The second-order valence-corrected chi connectivity index (χ2v) is 11.1. The number of piperidine rings is 1. The number of ether oxygens (including phenoxy) is 2. The zero-order chi connectivity index (χ0) is 21.9. The number of rotatable bonds is 6. The number of carbonyl (C=O) groups is 1. The summed E-state index contributed by atoms with van der Waals surface area (Å²) in [6, 6.07) is 4.86. The lowest BCUT2D eigenvalue weighted by Crippen LogP contribution is -2.44. The van der Waals surface area contributed by atoms with E-state index < -0.39 is 27.8 Å². The molecule has 1 amide bonds. The van der Waals surface area contributed by atoms with E-state index in [2.05, 4.69) is 0 Å². The van der Waals surface area contributed by atoms with E-state index in [-0.39, 0.29) is 16.5 Å². The van der Waals surface area contributed by atoms with Crippen LogP contribution in [0.5, 0.6) is 5.75 Å². The summed E-state index contributed by atoms with van der Waals surface area (Å²) in [6.45, 7) is 7.95. The molecule has 0 radical (unpaired) electrons. The largest absolute Gasteiger partial charge is 0.453 e. The molecule has 0 aliphatic carbocycles. The van der Waals surface area contributed by atoms with Crippen molar-refractivity contribution in [1.29, 1.82) is 0 Å². The first-order valence-electron chi connectivity index (χ1n) is 10.4. The molecular formula is C21H31ClN2O5S. The predicted molar refractivity (Wildman–Crippen MR) is 115 cm³/mol. The van der Waals surface area contributed by atoms with Gasteiger partial charge in [0.1, 0.15) is 10.6 Å². The molecule has 1 atom stereocenters. The molecule has 9 heteroatoms. The maximum absolute atomic E-state index is 13.1. The van der Waals surface area contributed by atoms with Gasteiger partial charge < -0.3 is 14.4 Å². The van der Waals surface area contributed by atoms with E-state index in [0.29, 0.717) is 31.7 Å². The van der Waals surface area contributed by atoms with Gasteiger partial charge in [-0.2, -0.15) is 4.31 Å². The molecule has 1 unspecified atom stereocenters. The zero-order valence-corrected chi connectivity index (χ0v) is 19.5. The quantitative estimate of drug-likeness (QED) is 0.471. The molecule has 2 heterocycles. The van der Waals surface area contributed by atoms with Crippen LogP contribution in [-0.2, 0) is 20.6 Å². The van der Waals surface area contributed by atoms with Gasteiger partial charge >= 0.3 is 6.09 Å². The predicted octanol–water partition coefficient (Wildman–Crippen LogP) is 4.19. The SMILES string of the molecule is CC(C)(C)C(OC(=O)N1CCCCC1)Oc1ccc(CCl)cc1S(=O)(=O)N1CCC1. The van der Waals surface area contributed by atoms with Gasteiger partial charge in [-0.3, -0.25) is 0 Å². The Morgan fingerprint density at radius 1 is 1.10 bits per heavy atom. The molecule has 0 saturated carbocycles. The number of carbonyl (C=O) groups excluding carboxylic acids is 1. The van der Waals surface area contributed by atoms with Gasteiger partial charge in [-0.1, -0.05) is 26.8 Å². The second-order valence-electron chi connectivity index (χ2n) is 8.92. The Morgan fingerprint density at radius 2 is 1.77 bits per heavy atom. The van der Waals surface area contributed by atoms with Gasteiger partial charge in [0.15, 0.2) is 0 Å². The van der Waals surface area contributed by atoms with Gasteiger partial charge in [0.2, 0.25) is 10.0 Å². The Kier molecular flexibility index (Phi) is 7.20. The third-order valence-electron chi connectivity index (χ3n) is 5.36. The first kappa shape index (κ1) is 23.2. The van der Waals surface area contributed by atoms with Crippen molar-refractivity contribution in [3.8, 4) is 5.75 Å². The monoisotopic (exact) mass is 458 g/mol. The minimum atomic E-state index is -3.71. The molecule has 0 N–H and O–H groups in total. The molecule has 2 aliphatic heterocycles. The van der Waals surface area contributed by atoms with E-state index in [4.69, 9.17) is 21.1 Å². The van der Waals surface area contributed by atoms with E-state index in [0.717, 1.165) is 25.7 Å². The Bertz CT molecular complexity index is 859. The molecule has 2 fully saturated rings. The van der Waals surface area contributed by atoms with E-state index >= 15 is 0 Å². The number of amides is 1. The summed E-state index contributed by atoms with van der Waals surface area (Å²) < 4.78 is 39.4. The highest BCUT2D eigenvalue weighted by atomic mass is 35.5. The normalized spacial score (nSPS) is 19.1. The van der Waals surface area contributed by atoms with Crippen molar-refractivity contribution in [1.82, 2.24) is 9.21 Å². The Morgan fingerprint density at radius 3 is 2.30 bits per heavy atom. The summed E-state index contributed by atoms with van der Waals surface area (Å²) in [4.78, 5) is 14.4. The molecule has 3 rings (SSSR count). The van der Waals surface area contributed by atoms with Gasteiger partial charge in [0.05, 0.1) is 0 Å².